The van der Waals surface area contributed by atoms with Gasteiger partial charge in [-0.2, -0.15) is 0 Å². The number of nitrogens with one attached hydrogen (secondary N) is 1. The second-order valence-electron chi connectivity index (χ2n) is 6.54. The van der Waals surface area contributed by atoms with Crippen LogP contribution in [-0.4, -0.2) is 22.9 Å². The van der Waals surface area contributed by atoms with E-state index in [0.717, 1.165) is 0 Å². The minimum atomic E-state index is -0.825. The van der Waals surface area contributed by atoms with Gasteiger partial charge in [0, 0.05) is 16.8 Å². The van der Waals surface area contributed by atoms with E-state index in [4.69, 9.17) is 10.5 Å². The highest BCUT2D eigenvalue weighted by atomic mass is 19.1. The molecule has 5 nitrogen and oxygen atoms in total. The summed E-state index contributed by atoms with van der Waals surface area (Å²) >= 11 is 0. The van der Waals surface area contributed by atoms with Gasteiger partial charge in [0.1, 0.15) is 11.4 Å². The van der Waals surface area contributed by atoms with Crippen molar-refractivity contribution < 1.29 is 19.0 Å². The van der Waals surface area contributed by atoms with Gasteiger partial charge in [-0.1, -0.05) is 6.07 Å². The van der Waals surface area contributed by atoms with E-state index in [1.807, 2.05) is 0 Å². The molecule has 1 fully saturated rings. The number of hydrogen-bond donors (Lipinski definition) is 3. The minimum Gasteiger partial charge on any atom is -0.444 e. The average molecular weight is 296 g/mol. The SMILES string of the molecule is CC(C)(C)OC(=O)Nc1ccc(C2(N)CC(O)C2)c(F)c1. The molecule has 1 amide bonds. The van der Waals surface area contributed by atoms with E-state index in [1.54, 1.807) is 26.8 Å². The fourth-order valence-corrected chi connectivity index (χ4v) is 2.42. The molecule has 116 valence electrons. The van der Waals surface area contributed by atoms with Gasteiger partial charge in [-0.3, -0.25) is 5.32 Å². The number of amides is 1. The number of anilines is 1. The molecule has 0 aliphatic heterocycles. The number of rotatable bonds is 2. The Labute approximate surface area is 123 Å². The van der Waals surface area contributed by atoms with E-state index in [0.29, 0.717) is 24.1 Å². The molecule has 1 aromatic carbocycles. The maximum absolute atomic E-state index is 14.1. The third kappa shape index (κ3) is 3.71. The Morgan fingerprint density at radius 1 is 1.48 bits per heavy atom. The maximum atomic E-state index is 14.1. The number of halogens is 1. The number of hydrogen-bond acceptors (Lipinski definition) is 4. The first kappa shape index (κ1) is 15.7. The van der Waals surface area contributed by atoms with Crippen molar-refractivity contribution in [3.8, 4) is 0 Å². The van der Waals surface area contributed by atoms with Crippen molar-refractivity contribution >= 4 is 11.8 Å². The molecule has 2 rings (SSSR count). The Morgan fingerprint density at radius 3 is 2.57 bits per heavy atom. The second kappa shape index (κ2) is 5.27. The lowest BCUT2D eigenvalue weighted by Gasteiger charge is -2.42. The molecule has 1 aliphatic carbocycles. The fourth-order valence-electron chi connectivity index (χ4n) is 2.42. The van der Waals surface area contributed by atoms with Gasteiger partial charge in [-0.05, 0) is 45.7 Å². The highest BCUT2D eigenvalue weighted by molar-refractivity contribution is 5.84. The standard InChI is InChI=1S/C15H21FN2O3/c1-14(2,3)21-13(20)18-9-4-5-11(12(16)6-9)15(17)7-10(19)8-15/h4-6,10,19H,7-8,17H2,1-3H3,(H,18,20). The first-order valence-corrected chi connectivity index (χ1v) is 6.86. The third-order valence-corrected chi connectivity index (χ3v) is 3.35. The van der Waals surface area contributed by atoms with Gasteiger partial charge >= 0.3 is 6.09 Å². The topological polar surface area (TPSA) is 84.6 Å². The summed E-state index contributed by atoms with van der Waals surface area (Å²) in [6.07, 6.45) is -0.448. The fraction of sp³-hybridized carbons (Fsp3) is 0.533. The predicted octanol–water partition coefficient (Wildman–Crippen LogP) is 2.48. The molecule has 0 aromatic heterocycles. The van der Waals surface area contributed by atoms with Crippen molar-refractivity contribution in [1.29, 1.82) is 0 Å². The van der Waals surface area contributed by atoms with Gasteiger partial charge < -0.3 is 15.6 Å². The van der Waals surface area contributed by atoms with Crippen LogP contribution in [0.25, 0.3) is 0 Å². The molecule has 21 heavy (non-hydrogen) atoms. The molecule has 1 saturated carbocycles. The monoisotopic (exact) mass is 296 g/mol. The van der Waals surface area contributed by atoms with Crippen molar-refractivity contribution in [1.82, 2.24) is 0 Å². The molecule has 4 N–H and O–H groups in total. The van der Waals surface area contributed by atoms with Crippen molar-refractivity contribution in [3.63, 3.8) is 0 Å². The Morgan fingerprint density at radius 2 is 2.10 bits per heavy atom. The van der Waals surface area contributed by atoms with E-state index in [-0.39, 0.29) is 0 Å². The summed E-state index contributed by atoms with van der Waals surface area (Å²) in [5.74, 6) is -0.502. The molecule has 6 heteroatoms. The van der Waals surface area contributed by atoms with Crippen LogP contribution in [0.2, 0.25) is 0 Å². The maximum Gasteiger partial charge on any atom is 0.412 e. The third-order valence-electron chi connectivity index (χ3n) is 3.35. The van der Waals surface area contributed by atoms with E-state index >= 15 is 0 Å². The van der Waals surface area contributed by atoms with Crippen LogP contribution in [0.4, 0.5) is 14.9 Å². The lowest BCUT2D eigenvalue weighted by Crippen LogP contribution is -2.52. The van der Waals surface area contributed by atoms with E-state index in [2.05, 4.69) is 5.32 Å². The number of ether oxygens (including phenoxy) is 1. The molecule has 1 aromatic rings. The predicted molar refractivity (Wildman–Crippen MR) is 77.4 cm³/mol. The molecular weight excluding hydrogens is 275 g/mol. The zero-order valence-electron chi connectivity index (χ0n) is 12.4. The Hall–Kier alpha value is -1.66. The molecule has 0 atom stereocenters. The van der Waals surface area contributed by atoms with Gasteiger partial charge in [-0.15, -0.1) is 0 Å². The smallest absolute Gasteiger partial charge is 0.412 e. The molecule has 1 aliphatic rings. The van der Waals surface area contributed by atoms with Crippen molar-refractivity contribution in [2.45, 2.75) is 50.9 Å². The molecule has 0 bridgehead atoms. The summed E-state index contributed by atoms with van der Waals surface area (Å²) < 4.78 is 19.2. The molecule has 0 unspecified atom stereocenters. The van der Waals surface area contributed by atoms with Crippen LogP contribution < -0.4 is 11.1 Å². The lowest BCUT2D eigenvalue weighted by molar-refractivity contribution is 0.0193. The van der Waals surface area contributed by atoms with Gasteiger partial charge in [0.15, 0.2) is 0 Å². The Kier molecular flexibility index (Phi) is 3.95. The largest absolute Gasteiger partial charge is 0.444 e. The van der Waals surface area contributed by atoms with Crippen LogP contribution in [0.15, 0.2) is 18.2 Å². The average Bonchev–Trinajstić information content (AvgIpc) is 2.23. The van der Waals surface area contributed by atoms with Gasteiger partial charge in [0.2, 0.25) is 0 Å². The zero-order valence-corrected chi connectivity index (χ0v) is 12.4. The molecule has 0 radical (unpaired) electrons. The quantitative estimate of drug-likeness (QED) is 0.782. The van der Waals surface area contributed by atoms with Crippen molar-refractivity contribution in [3.05, 3.63) is 29.6 Å². The van der Waals surface area contributed by atoms with Gasteiger partial charge in [0.25, 0.3) is 0 Å². The summed E-state index contributed by atoms with van der Waals surface area (Å²) in [5.41, 5.74) is 5.24. The van der Waals surface area contributed by atoms with Gasteiger partial charge in [-0.25, -0.2) is 9.18 Å². The lowest BCUT2D eigenvalue weighted by atomic mass is 9.70. The van der Waals surface area contributed by atoms with E-state index < -0.39 is 29.2 Å². The number of carbonyl (C=O) groups excluding carboxylic acids is 1. The number of carbonyl (C=O) groups is 1. The molecule has 0 saturated heterocycles. The number of aliphatic hydroxyl groups excluding tert-OH is 1. The first-order valence-electron chi connectivity index (χ1n) is 6.86. The van der Waals surface area contributed by atoms with Crippen LogP contribution >= 0.6 is 0 Å². The normalized spacial score (nSPS) is 25.1. The second-order valence-corrected chi connectivity index (χ2v) is 6.54. The summed E-state index contributed by atoms with van der Waals surface area (Å²) in [6, 6.07) is 4.31. The first-order chi connectivity index (χ1) is 9.59. The summed E-state index contributed by atoms with van der Waals surface area (Å²) in [6.45, 7) is 5.24. The van der Waals surface area contributed by atoms with Gasteiger partial charge in [0.05, 0.1) is 6.10 Å². The summed E-state index contributed by atoms with van der Waals surface area (Å²) in [4.78, 5) is 11.6. The Bertz CT molecular complexity index is 548. The molecule has 0 heterocycles. The number of benzene rings is 1. The molecule has 0 spiro atoms. The highest BCUT2D eigenvalue weighted by Crippen LogP contribution is 2.40. The van der Waals surface area contributed by atoms with Crippen LogP contribution in [0.5, 0.6) is 0 Å². The number of aliphatic hydroxyl groups is 1. The molecular formula is C15H21FN2O3. The van der Waals surface area contributed by atoms with E-state index in [9.17, 15) is 14.3 Å². The van der Waals surface area contributed by atoms with Crippen LogP contribution in [0.3, 0.4) is 0 Å². The summed E-state index contributed by atoms with van der Waals surface area (Å²) in [7, 11) is 0. The zero-order chi connectivity index (χ0) is 15.8. The Balaban J connectivity index is 2.08. The van der Waals surface area contributed by atoms with Crippen LogP contribution in [0.1, 0.15) is 39.2 Å². The van der Waals surface area contributed by atoms with Crippen LogP contribution in [-0.2, 0) is 10.3 Å². The van der Waals surface area contributed by atoms with Crippen LogP contribution in [0, 0.1) is 5.82 Å². The van der Waals surface area contributed by atoms with Crippen molar-refractivity contribution in [2.75, 3.05) is 5.32 Å². The summed E-state index contributed by atoms with van der Waals surface area (Å²) in [5, 5.41) is 11.8. The van der Waals surface area contributed by atoms with E-state index in [1.165, 1.54) is 12.1 Å². The number of nitrogens with two attached hydrogens (primary N) is 1. The minimum absolute atomic E-state index is 0.300. The highest BCUT2D eigenvalue weighted by Gasteiger charge is 2.43. The van der Waals surface area contributed by atoms with Crippen molar-refractivity contribution in [2.24, 2.45) is 5.73 Å².